The van der Waals surface area contributed by atoms with Crippen molar-refractivity contribution in [2.75, 3.05) is 0 Å². The van der Waals surface area contributed by atoms with Gasteiger partial charge in [-0.2, -0.15) is 23.5 Å². The molecule has 0 atom stereocenters. The summed E-state index contributed by atoms with van der Waals surface area (Å²) in [4.78, 5) is 0. The third kappa shape index (κ3) is 2.34. The van der Waals surface area contributed by atoms with Gasteiger partial charge in [-0.05, 0) is 35.4 Å². The zero-order valence-electron chi connectivity index (χ0n) is 10.6. The van der Waals surface area contributed by atoms with Crippen molar-refractivity contribution in [2.45, 2.75) is 6.18 Å². The van der Waals surface area contributed by atoms with Crippen LogP contribution < -0.4 is 0 Å². The van der Waals surface area contributed by atoms with Crippen LogP contribution >= 0.6 is 0 Å². The normalized spacial score (nSPS) is 11.5. The van der Waals surface area contributed by atoms with Crippen LogP contribution in [0.15, 0.2) is 42.6 Å². The van der Waals surface area contributed by atoms with Gasteiger partial charge in [0.2, 0.25) is 0 Å². The number of nitrogens with zero attached hydrogens (tertiary/aromatic N) is 2. The van der Waals surface area contributed by atoms with E-state index in [0.717, 1.165) is 12.1 Å². The summed E-state index contributed by atoms with van der Waals surface area (Å²) in [6.45, 7) is 0. The monoisotopic (exact) mass is 287 g/mol. The van der Waals surface area contributed by atoms with Crippen molar-refractivity contribution in [3.8, 4) is 17.2 Å². The van der Waals surface area contributed by atoms with E-state index in [-0.39, 0.29) is 0 Å². The molecule has 3 nitrogen and oxygen atoms in total. The van der Waals surface area contributed by atoms with E-state index in [1.54, 1.807) is 24.3 Å². The van der Waals surface area contributed by atoms with Crippen LogP contribution in [0.3, 0.4) is 0 Å². The summed E-state index contributed by atoms with van der Waals surface area (Å²) in [5, 5.41) is 15.9. The fourth-order valence-electron chi connectivity index (χ4n) is 2.21. The molecule has 1 heterocycles. The standard InChI is InChI=1S/C15H8F3N3/c16-15(17,18)11-5-12(13-8-20-21-14(13)6-11)10-3-1-2-9(4-10)7-19/h1-6,8H,(H,20,21). The number of nitriles is 1. The molecule has 0 bridgehead atoms. The quantitative estimate of drug-likeness (QED) is 0.732. The highest BCUT2D eigenvalue weighted by Crippen LogP contribution is 2.36. The fourth-order valence-corrected chi connectivity index (χ4v) is 2.21. The molecule has 0 unspecified atom stereocenters. The fraction of sp³-hybridized carbons (Fsp3) is 0.0667. The van der Waals surface area contributed by atoms with Crippen LogP contribution in [0.2, 0.25) is 0 Å². The van der Waals surface area contributed by atoms with E-state index in [2.05, 4.69) is 10.2 Å². The van der Waals surface area contributed by atoms with E-state index in [4.69, 9.17) is 5.26 Å². The first-order valence-corrected chi connectivity index (χ1v) is 6.04. The Hall–Kier alpha value is -2.81. The number of alkyl halides is 3. The summed E-state index contributed by atoms with van der Waals surface area (Å²) >= 11 is 0. The van der Waals surface area contributed by atoms with Crippen LogP contribution in [0.1, 0.15) is 11.1 Å². The molecule has 0 aliphatic heterocycles. The number of benzene rings is 2. The second-order valence-electron chi connectivity index (χ2n) is 4.55. The maximum absolute atomic E-state index is 13.0. The highest BCUT2D eigenvalue weighted by atomic mass is 19.4. The smallest absolute Gasteiger partial charge is 0.278 e. The molecule has 3 rings (SSSR count). The van der Waals surface area contributed by atoms with Gasteiger partial charge in [-0.1, -0.05) is 12.1 Å². The van der Waals surface area contributed by atoms with E-state index in [9.17, 15) is 13.2 Å². The van der Waals surface area contributed by atoms with Gasteiger partial charge in [0, 0.05) is 5.39 Å². The average molecular weight is 287 g/mol. The lowest BCUT2D eigenvalue weighted by Gasteiger charge is -2.10. The lowest BCUT2D eigenvalue weighted by Crippen LogP contribution is -2.05. The highest BCUT2D eigenvalue weighted by Gasteiger charge is 2.31. The van der Waals surface area contributed by atoms with Gasteiger partial charge in [-0.25, -0.2) is 0 Å². The van der Waals surface area contributed by atoms with Crippen molar-refractivity contribution in [2.24, 2.45) is 0 Å². The molecular formula is C15H8F3N3. The Bertz CT molecular complexity index is 856. The van der Waals surface area contributed by atoms with Crippen molar-refractivity contribution < 1.29 is 13.2 Å². The van der Waals surface area contributed by atoms with Crippen LogP contribution in [-0.4, -0.2) is 10.2 Å². The number of rotatable bonds is 1. The van der Waals surface area contributed by atoms with Gasteiger partial charge in [-0.15, -0.1) is 0 Å². The van der Waals surface area contributed by atoms with E-state index >= 15 is 0 Å². The summed E-state index contributed by atoms with van der Waals surface area (Å²) in [6, 6.07) is 10.6. The summed E-state index contributed by atoms with van der Waals surface area (Å²) in [5.41, 5.74) is 0.887. The highest BCUT2D eigenvalue weighted by molar-refractivity contribution is 5.95. The van der Waals surface area contributed by atoms with Crippen LogP contribution in [-0.2, 0) is 6.18 Å². The maximum atomic E-state index is 13.0. The van der Waals surface area contributed by atoms with Crippen LogP contribution in [0, 0.1) is 11.3 Å². The summed E-state index contributed by atoms with van der Waals surface area (Å²) in [7, 11) is 0. The van der Waals surface area contributed by atoms with Gasteiger partial charge >= 0.3 is 6.18 Å². The van der Waals surface area contributed by atoms with Gasteiger partial charge < -0.3 is 0 Å². The number of fused-ring (bicyclic) bond motifs is 1. The zero-order chi connectivity index (χ0) is 15.0. The Morgan fingerprint density at radius 2 is 1.95 bits per heavy atom. The molecule has 0 aliphatic rings. The first-order valence-electron chi connectivity index (χ1n) is 6.04. The third-order valence-corrected chi connectivity index (χ3v) is 3.19. The first kappa shape index (κ1) is 13.2. The molecule has 21 heavy (non-hydrogen) atoms. The molecule has 3 aromatic rings. The lowest BCUT2D eigenvalue weighted by atomic mass is 9.98. The predicted molar refractivity (Wildman–Crippen MR) is 71.2 cm³/mol. The maximum Gasteiger partial charge on any atom is 0.416 e. The molecule has 1 N–H and O–H groups in total. The number of hydrogen-bond donors (Lipinski definition) is 1. The molecule has 0 saturated heterocycles. The molecular weight excluding hydrogens is 279 g/mol. The van der Waals surface area contributed by atoms with Crippen molar-refractivity contribution >= 4 is 10.9 Å². The molecule has 104 valence electrons. The average Bonchev–Trinajstić information content (AvgIpc) is 2.93. The van der Waals surface area contributed by atoms with E-state index in [1.807, 2.05) is 6.07 Å². The Morgan fingerprint density at radius 3 is 2.67 bits per heavy atom. The van der Waals surface area contributed by atoms with Crippen LogP contribution in [0.4, 0.5) is 13.2 Å². The minimum atomic E-state index is -4.44. The summed E-state index contributed by atoms with van der Waals surface area (Å²) in [6.07, 6.45) is -2.97. The molecule has 2 aromatic carbocycles. The molecule has 0 saturated carbocycles. The number of hydrogen-bond acceptors (Lipinski definition) is 2. The SMILES string of the molecule is N#Cc1cccc(-c2cc(C(F)(F)F)cc3[nH]ncc23)c1. The topological polar surface area (TPSA) is 52.5 Å². The Morgan fingerprint density at radius 1 is 1.14 bits per heavy atom. The van der Waals surface area contributed by atoms with Gasteiger partial charge in [0.25, 0.3) is 0 Å². The number of halogens is 3. The Labute approximate surface area is 117 Å². The van der Waals surface area contributed by atoms with Crippen molar-refractivity contribution in [3.63, 3.8) is 0 Å². The largest absolute Gasteiger partial charge is 0.416 e. The molecule has 1 aromatic heterocycles. The number of aromatic amines is 1. The van der Waals surface area contributed by atoms with Crippen LogP contribution in [0.25, 0.3) is 22.0 Å². The summed E-state index contributed by atoms with van der Waals surface area (Å²) in [5.74, 6) is 0. The lowest BCUT2D eigenvalue weighted by molar-refractivity contribution is -0.137. The van der Waals surface area contributed by atoms with Gasteiger partial charge in [0.1, 0.15) is 0 Å². The number of aromatic nitrogens is 2. The van der Waals surface area contributed by atoms with Crippen LogP contribution in [0.5, 0.6) is 0 Å². The van der Waals surface area contributed by atoms with Crippen molar-refractivity contribution in [1.29, 1.82) is 5.26 Å². The number of H-pyrrole nitrogens is 1. The molecule has 6 heteroatoms. The van der Waals surface area contributed by atoms with Gasteiger partial charge in [0.05, 0.1) is 28.9 Å². The first-order chi connectivity index (χ1) is 9.99. The van der Waals surface area contributed by atoms with Crippen molar-refractivity contribution in [3.05, 3.63) is 53.7 Å². The third-order valence-electron chi connectivity index (χ3n) is 3.19. The minimum absolute atomic E-state index is 0.308. The summed E-state index contributed by atoms with van der Waals surface area (Å²) < 4.78 is 38.9. The Kier molecular flexibility index (Phi) is 2.91. The number of nitrogens with one attached hydrogen (secondary N) is 1. The second kappa shape index (κ2) is 4.63. The Balaban J connectivity index is 2.30. The van der Waals surface area contributed by atoms with E-state index in [1.165, 1.54) is 6.20 Å². The molecule has 0 amide bonds. The van der Waals surface area contributed by atoms with E-state index in [0.29, 0.717) is 27.6 Å². The predicted octanol–water partition coefficient (Wildman–Crippen LogP) is 4.12. The van der Waals surface area contributed by atoms with Crippen molar-refractivity contribution in [1.82, 2.24) is 10.2 Å². The second-order valence-corrected chi connectivity index (χ2v) is 4.55. The minimum Gasteiger partial charge on any atom is -0.278 e. The molecule has 0 radical (unpaired) electrons. The van der Waals surface area contributed by atoms with Gasteiger partial charge in [0.15, 0.2) is 0 Å². The zero-order valence-corrected chi connectivity index (χ0v) is 10.6. The van der Waals surface area contributed by atoms with E-state index < -0.39 is 11.7 Å². The molecule has 0 fully saturated rings. The molecule has 0 spiro atoms. The molecule has 0 aliphatic carbocycles. The van der Waals surface area contributed by atoms with Gasteiger partial charge in [-0.3, -0.25) is 5.10 Å².